The molecule has 5 heteroatoms. The molecule has 82 valence electrons. The molecule has 1 saturated heterocycles. The molecule has 1 fully saturated rings. The molecule has 0 amide bonds. The summed E-state index contributed by atoms with van der Waals surface area (Å²) < 4.78 is 25.8. The van der Waals surface area contributed by atoms with Gasteiger partial charge in [-0.1, -0.05) is 12.1 Å². The third kappa shape index (κ3) is 1.90. The normalized spacial score (nSPS) is 19.5. The molecular formula is C10H12BrNO2S. The lowest BCUT2D eigenvalue weighted by molar-refractivity contribution is 0.599. The maximum atomic E-state index is 11.7. The van der Waals surface area contributed by atoms with Crippen molar-refractivity contribution in [3.8, 4) is 0 Å². The molecule has 0 radical (unpaired) electrons. The van der Waals surface area contributed by atoms with Gasteiger partial charge in [-0.15, -0.1) is 0 Å². The predicted molar refractivity (Wildman–Crippen MR) is 64.6 cm³/mol. The SMILES string of the molecule is Cc1cccc(N2CCCS2(=O)=O)c1Br. The lowest BCUT2D eigenvalue weighted by Gasteiger charge is -2.19. The fourth-order valence-electron chi connectivity index (χ4n) is 1.73. The summed E-state index contributed by atoms with van der Waals surface area (Å²) in [6, 6.07) is 5.67. The second-order valence-electron chi connectivity index (χ2n) is 3.65. The highest BCUT2D eigenvalue weighted by molar-refractivity contribution is 9.10. The van der Waals surface area contributed by atoms with Crippen LogP contribution in [0.15, 0.2) is 22.7 Å². The number of nitrogens with zero attached hydrogens (tertiary/aromatic N) is 1. The minimum Gasteiger partial charge on any atom is -0.269 e. The van der Waals surface area contributed by atoms with Gasteiger partial charge in [-0.25, -0.2) is 8.42 Å². The van der Waals surface area contributed by atoms with Crippen LogP contribution in [0.2, 0.25) is 0 Å². The Hall–Kier alpha value is -0.550. The van der Waals surface area contributed by atoms with Crippen LogP contribution in [0.3, 0.4) is 0 Å². The number of anilines is 1. The van der Waals surface area contributed by atoms with Crippen LogP contribution in [0.25, 0.3) is 0 Å². The Bertz CT molecular complexity index is 484. The van der Waals surface area contributed by atoms with Crippen molar-refractivity contribution in [1.82, 2.24) is 0 Å². The summed E-state index contributed by atoms with van der Waals surface area (Å²) in [6.07, 6.45) is 0.711. The Kier molecular flexibility index (Phi) is 2.77. The minimum atomic E-state index is -3.08. The van der Waals surface area contributed by atoms with Gasteiger partial charge < -0.3 is 0 Å². The van der Waals surface area contributed by atoms with Crippen LogP contribution in [0.4, 0.5) is 5.69 Å². The predicted octanol–water partition coefficient (Wildman–Crippen LogP) is 2.30. The maximum Gasteiger partial charge on any atom is 0.235 e. The Labute approximate surface area is 98.3 Å². The molecule has 1 aliphatic rings. The zero-order valence-electron chi connectivity index (χ0n) is 8.40. The summed E-state index contributed by atoms with van der Waals surface area (Å²) >= 11 is 3.44. The van der Waals surface area contributed by atoms with Crippen molar-refractivity contribution in [2.45, 2.75) is 13.3 Å². The molecule has 2 rings (SSSR count). The van der Waals surface area contributed by atoms with Crippen molar-refractivity contribution in [1.29, 1.82) is 0 Å². The first kappa shape index (κ1) is 11.0. The number of hydrogen-bond donors (Lipinski definition) is 0. The zero-order chi connectivity index (χ0) is 11.1. The molecule has 0 saturated carbocycles. The Balaban J connectivity index is 2.51. The molecule has 1 aromatic rings. The standard InChI is InChI=1S/C10H12BrNO2S/c1-8-4-2-5-9(10(8)11)12-6-3-7-15(12,13)14/h2,4-5H,3,6-7H2,1H3. The van der Waals surface area contributed by atoms with Crippen LogP contribution in [0.1, 0.15) is 12.0 Å². The summed E-state index contributed by atoms with van der Waals surface area (Å²) in [6.45, 7) is 2.54. The fourth-order valence-corrected chi connectivity index (χ4v) is 3.90. The fraction of sp³-hybridized carbons (Fsp3) is 0.400. The van der Waals surface area contributed by atoms with Gasteiger partial charge in [0.2, 0.25) is 10.0 Å². The van der Waals surface area contributed by atoms with E-state index in [9.17, 15) is 8.42 Å². The van der Waals surface area contributed by atoms with Gasteiger partial charge in [0, 0.05) is 11.0 Å². The van der Waals surface area contributed by atoms with Gasteiger partial charge in [0.15, 0.2) is 0 Å². The first-order chi connectivity index (χ1) is 7.02. The Morgan fingerprint density at radius 1 is 1.40 bits per heavy atom. The van der Waals surface area contributed by atoms with Crippen molar-refractivity contribution in [3.05, 3.63) is 28.2 Å². The second kappa shape index (κ2) is 3.79. The topological polar surface area (TPSA) is 37.4 Å². The Morgan fingerprint density at radius 2 is 2.13 bits per heavy atom. The first-order valence-corrected chi connectivity index (χ1v) is 7.18. The van der Waals surface area contributed by atoms with E-state index in [2.05, 4.69) is 15.9 Å². The number of halogens is 1. The van der Waals surface area contributed by atoms with Crippen molar-refractivity contribution < 1.29 is 8.42 Å². The Morgan fingerprint density at radius 3 is 2.73 bits per heavy atom. The molecule has 0 unspecified atom stereocenters. The smallest absolute Gasteiger partial charge is 0.235 e. The molecule has 1 aromatic carbocycles. The summed E-state index contributed by atoms with van der Waals surface area (Å²) in [5.74, 6) is 0.257. The molecule has 0 aliphatic carbocycles. The van der Waals surface area contributed by atoms with E-state index in [-0.39, 0.29) is 5.75 Å². The first-order valence-electron chi connectivity index (χ1n) is 4.78. The lowest BCUT2D eigenvalue weighted by Crippen LogP contribution is -2.25. The third-order valence-electron chi connectivity index (χ3n) is 2.54. The summed E-state index contributed by atoms with van der Waals surface area (Å²) in [4.78, 5) is 0. The van der Waals surface area contributed by atoms with Gasteiger partial charge >= 0.3 is 0 Å². The van der Waals surface area contributed by atoms with Crippen LogP contribution in [-0.2, 0) is 10.0 Å². The summed E-state index contributed by atoms with van der Waals surface area (Å²) in [5, 5.41) is 0. The molecule has 1 aliphatic heterocycles. The number of sulfonamides is 1. The summed E-state index contributed by atoms with van der Waals surface area (Å²) in [5.41, 5.74) is 1.81. The molecule has 0 bridgehead atoms. The molecule has 0 spiro atoms. The van der Waals surface area contributed by atoms with E-state index in [4.69, 9.17) is 0 Å². The molecule has 0 N–H and O–H groups in total. The van der Waals surface area contributed by atoms with E-state index in [0.29, 0.717) is 13.0 Å². The van der Waals surface area contributed by atoms with Gasteiger partial charge in [-0.2, -0.15) is 0 Å². The van der Waals surface area contributed by atoms with E-state index < -0.39 is 10.0 Å². The zero-order valence-corrected chi connectivity index (χ0v) is 10.8. The number of benzene rings is 1. The van der Waals surface area contributed by atoms with Gasteiger partial charge in [-0.3, -0.25) is 4.31 Å². The highest BCUT2D eigenvalue weighted by Crippen LogP contribution is 2.33. The third-order valence-corrected chi connectivity index (χ3v) is 5.43. The quantitative estimate of drug-likeness (QED) is 0.796. The van der Waals surface area contributed by atoms with Gasteiger partial charge in [0.05, 0.1) is 11.4 Å². The van der Waals surface area contributed by atoms with Crippen LogP contribution in [-0.4, -0.2) is 20.7 Å². The maximum absolute atomic E-state index is 11.7. The van der Waals surface area contributed by atoms with Crippen LogP contribution in [0, 0.1) is 6.92 Å². The van der Waals surface area contributed by atoms with E-state index in [1.165, 1.54) is 4.31 Å². The van der Waals surface area contributed by atoms with Crippen LogP contribution in [0.5, 0.6) is 0 Å². The van der Waals surface area contributed by atoms with Crippen molar-refractivity contribution >= 4 is 31.6 Å². The molecule has 15 heavy (non-hydrogen) atoms. The monoisotopic (exact) mass is 289 g/mol. The largest absolute Gasteiger partial charge is 0.269 e. The summed E-state index contributed by atoms with van der Waals surface area (Å²) in [7, 11) is -3.08. The number of rotatable bonds is 1. The van der Waals surface area contributed by atoms with Crippen LogP contribution < -0.4 is 4.31 Å². The highest BCUT2D eigenvalue weighted by Gasteiger charge is 2.29. The number of hydrogen-bond acceptors (Lipinski definition) is 2. The highest BCUT2D eigenvalue weighted by atomic mass is 79.9. The average molecular weight is 290 g/mol. The molecule has 1 heterocycles. The van der Waals surface area contributed by atoms with E-state index >= 15 is 0 Å². The number of aryl methyl sites for hydroxylation is 1. The van der Waals surface area contributed by atoms with Crippen molar-refractivity contribution in [3.63, 3.8) is 0 Å². The van der Waals surface area contributed by atoms with Gasteiger partial charge in [0.25, 0.3) is 0 Å². The average Bonchev–Trinajstić information content (AvgIpc) is 2.50. The van der Waals surface area contributed by atoms with Crippen molar-refractivity contribution in [2.75, 3.05) is 16.6 Å². The second-order valence-corrected chi connectivity index (χ2v) is 6.46. The van der Waals surface area contributed by atoms with E-state index in [0.717, 1.165) is 15.7 Å². The van der Waals surface area contributed by atoms with Gasteiger partial charge in [-0.05, 0) is 40.9 Å². The van der Waals surface area contributed by atoms with E-state index in [1.807, 2.05) is 25.1 Å². The lowest BCUT2D eigenvalue weighted by atomic mass is 10.2. The molecule has 0 aromatic heterocycles. The molecular weight excluding hydrogens is 278 g/mol. The van der Waals surface area contributed by atoms with Crippen LogP contribution >= 0.6 is 15.9 Å². The molecule has 3 nitrogen and oxygen atoms in total. The van der Waals surface area contributed by atoms with Gasteiger partial charge in [0.1, 0.15) is 0 Å². The van der Waals surface area contributed by atoms with E-state index in [1.54, 1.807) is 0 Å². The molecule has 0 atom stereocenters. The minimum absolute atomic E-state index is 0.257. The van der Waals surface area contributed by atoms with Crippen molar-refractivity contribution in [2.24, 2.45) is 0 Å².